The number of anilines is 3. The molecule has 1 unspecified atom stereocenters. The number of nitrogen functional groups attached to an aromatic ring is 1. The first kappa shape index (κ1) is 27.4. The Hall–Kier alpha value is -4.79. The van der Waals surface area contributed by atoms with Crippen LogP contribution in [0.25, 0.3) is 0 Å². The summed E-state index contributed by atoms with van der Waals surface area (Å²) in [5.74, 6) is 1.25. The number of halogens is 1. The summed E-state index contributed by atoms with van der Waals surface area (Å²) in [6.07, 6.45) is 5.18. The number of nitrogens with one attached hydrogen (secondary N) is 2. The Bertz CT molecular complexity index is 1600. The Morgan fingerprint density at radius 3 is 2.31 bits per heavy atom. The molecular formula is C32H31FN6O3. The molecule has 9 nitrogen and oxygen atoms in total. The summed E-state index contributed by atoms with van der Waals surface area (Å²) in [5.41, 5.74) is 5.66. The van der Waals surface area contributed by atoms with E-state index in [-0.39, 0.29) is 11.3 Å². The van der Waals surface area contributed by atoms with Gasteiger partial charge in [-0.25, -0.2) is 29.0 Å². The van der Waals surface area contributed by atoms with Gasteiger partial charge in [0.05, 0.1) is 17.5 Å². The molecule has 3 aliphatic heterocycles. The lowest BCUT2D eigenvalue weighted by molar-refractivity contribution is -0.126. The van der Waals surface area contributed by atoms with E-state index < -0.39 is 23.4 Å². The highest BCUT2D eigenvalue weighted by atomic mass is 19.1. The summed E-state index contributed by atoms with van der Waals surface area (Å²) in [6.45, 7) is 1.25. The maximum absolute atomic E-state index is 15.4. The minimum absolute atomic E-state index is 0.119. The Balaban J connectivity index is 1.52. The van der Waals surface area contributed by atoms with Gasteiger partial charge in [-0.15, -0.1) is 0 Å². The number of benzodiazepines with no additional fused rings is 1. The smallest absolute Gasteiger partial charge is 0.321 e. The molecule has 4 N–H and O–H groups in total. The largest absolute Gasteiger partial charge is 0.399 e. The average molecular weight is 567 g/mol. The molecule has 4 aliphatic rings. The van der Waals surface area contributed by atoms with Crippen molar-refractivity contribution in [3.63, 3.8) is 0 Å². The van der Waals surface area contributed by atoms with E-state index in [1.807, 2.05) is 5.01 Å². The van der Waals surface area contributed by atoms with Crippen LogP contribution >= 0.6 is 0 Å². The van der Waals surface area contributed by atoms with Gasteiger partial charge in [0, 0.05) is 35.6 Å². The number of fused-ring (bicyclic) bond motifs is 5. The predicted molar refractivity (Wildman–Crippen MR) is 159 cm³/mol. The third kappa shape index (κ3) is 5.18. The number of nitrogens with zero attached hydrogens (tertiary/aromatic N) is 3. The van der Waals surface area contributed by atoms with Gasteiger partial charge in [-0.1, -0.05) is 36.4 Å². The topological polar surface area (TPSA) is 120 Å². The van der Waals surface area contributed by atoms with E-state index in [2.05, 4.69) is 10.6 Å². The zero-order chi connectivity index (χ0) is 29.3. The third-order valence-corrected chi connectivity index (χ3v) is 8.23. The lowest BCUT2D eigenvalue weighted by atomic mass is 9.84. The number of para-hydroxylation sites is 1. The van der Waals surface area contributed by atoms with E-state index >= 15 is 4.39 Å². The summed E-state index contributed by atoms with van der Waals surface area (Å²) in [4.78, 5) is 45.0. The fourth-order valence-corrected chi connectivity index (χ4v) is 6.23. The minimum atomic E-state index is -2.24. The van der Waals surface area contributed by atoms with E-state index in [4.69, 9.17) is 10.7 Å². The molecule has 1 atom stereocenters. The summed E-state index contributed by atoms with van der Waals surface area (Å²) in [5, 5.41) is 8.82. The Morgan fingerprint density at radius 2 is 1.64 bits per heavy atom. The first-order valence-corrected chi connectivity index (χ1v) is 14.1. The van der Waals surface area contributed by atoms with Crippen molar-refractivity contribution in [3.8, 4) is 0 Å². The van der Waals surface area contributed by atoms with Crippen molar-refractivity contribution in [1.29, 1.82) is 0 Å². The van der Waals surface area contributed by atoms with Crippen LogP contribution in [0.3, 0.4) is 0 Å². The van der Waals surface area contributed by atoms with Crippen LogP contribution in [-0.4, -0.2) is 47.4 Å². The lowest BCUT2D eigenvalue weighted by Gasteiger charge is -2.38. The fourth-order valence-electron chi connectivity index (χ4n) is 6.23. The van der Waals surface area contributed by atoms with Gasteiger partial charge in [-0.3, -0.25) is 4.79 Å². The molecule has 7 rings (SSSR count). The Labute approximate surface area is 242 Å². The van der Waals surface area contributed by atoms with Crippen molar-refractivity contribution in [2.75, 3.05) is 29.1 Å². The number of benzene rings is 3. The first-order valence-electron chi connectivity index (χ1n) is 14.1. The molecule has 42 heavy (non-hydrogen) atoms. The maximum atomic E-state index is 15.4. The fraction of sp³-hybridized carbons (Fsp3) is 0.281. The molecule has 3 amide bonds. The predicted octanol–water partition coefficient (Wildman–Crippen LogP) is 4.53. The molecule has 0 spiro atoms. The van der Waals surface area contributed by atoms with Crippen LogP contribution in [0.2, 0.25) is 0 Å². The van der Waals surface area contributed by atoms with Gasteiger partial charge in [0.2, 0.25) is 5.66 Å². The molecule has 10 heteroatoms. The van der Waals surface area contributed by atoms with E-state index in [0.29, 0.717) is 47.6 Å². The SMILES string of the molecule is Nc1cccc(NC(=O)NC2(C=C=O)N=C(c3ccccc3F)c3ccccc3N(N3CC4CCC(CC4)C3)C2=O)c1. The number of aliphatic imine (C=N–C) groups is 1. The number of carbonyl (C=O) groups is 2. The van der Waals surface area contributed by atoms with E-state index in [1.165, 1.54) is 11.1 Å². The number of rotatable bonds is 5. The average Bonchev–Trinajstić information content (AvgIpc) is 3.34. The van der Waals surface area contributed by atoms with Gasteiger partial charge in [0.15, 0.2) is 0 Å². The Morgan fingerprint density at radius 1 is 0.976 bits per heavy atom. The van der Waals surface area contributed by atoms with Gasteiger partial charge < -0.3 is 16.4 Å². The van der Waals surface area contributed by atoms with Crippen LogP contribution in [0.1, 0.15) is 36.8 Å². The summed E-state index contributed by atoms with van der Waals surface area (Å²) in [6, 6.07) is 18.9. The third-order valence-electron chi connectivity index (χ3n) is 8.23. The molecule has 0 aromatic heterocycles. The van der Waals surface area contributed by atoms with E-state index in [1.54, 1.807) is 72.7 Å². The second-order valence-electron chi connectivity index (χ2n) is 11.1. The molecular weight excluding hydrogens is 535 g/mol. The van der Waals surface area contributed by atoms with Crippen LogP contribution in [0.15, 0.2) is 83.9 Å². The van der Waals surface area contributed by atoms with Crippen LogP contribution in [0, 0.1) is 17.7 Å². The highest BCUT2D eigenvalue weighted by Crippen LogP contribution is 2.39. The molecule has 214 valence electrons. The first-order chi connectivity index (χ1) is 20.4. The van der Waals surface area contributed by atoms with Crippen LogP contribution in [0.4, 0.5) is 26.2 Å². The zero-order valence-corrected chi connectivity index (χ0v) is 22.9. The van der Waals surface area contributed by atoms with Gasteiger partial charge in [-0.2, -0.15) is 0 Å². The minimum Gasteiger partial charge on any atom is -0.399 e. The van der Waals surface area contributed by atoms with Gasteiger partial charge in [0.25, 0.3) is 5.91 Å². The number of nitrogens with two attached hydrogens (primary N) is 1. The number of hydrogen-bond donors (Lipinski definition) is 3. The van der Waals surface area contributed by atoms with E-state index in [9.17, 15) is 14.4 Å². The molecule has 3 aromatic carbocycles. The van der Waals surface area contributed by atoms with Crippen LogP contribution < -0.4 is 21.4 Å². The molecule has 3 aromatic rings. The number of carbonyl (C=O) groups excluding carboxylic acids is 3. The van der Waals surface area contributed by atoms with Crippen molar-refractivity contribution < 1.29 is 18.8 Å². The summed E-state index contributed by atoms with van der Waals surface area (Å²) < 4.78 is 15.4. The van der Waals surface area contributed by atoms with Crippen molar-refractivity contribution in [2.45, 2.75) is 31.3 Å². The summed E-state index contributed by atoms with van der Waals surface area (Å²) >= 11 is 0. The van der Waals surface area contributed by atoms with Gasteiger partial charge >= 0.3 is 6.03 Å². The van der Waals surface area contributed by atoms with Crippen molar-refractivity contribution in [1.82, 2.24) is 10.3 Å². The number of amides is 3. The number of hydrazine groups is 1. The highest BCUT2D eigenvalue weighted by molar-refractivity contribution is 6.21. The van der Waals surface area contributed by atoms with Crippen LogP contribution in [0.5, 0.6) is 0 Å². The monoisotopic (exact) mass is 566 g/mol. The molecule has 3 heterocycles. The van der Waals surface area contributed by atoms with Gasteiger partial charge in [-0.05, 0) is 73.9 Å². The molecule has 2 saturated heterocycles. The second-order valence-corrected chi connectivity index (χ2v) is 11.1. The molecule has 3 fully saturated rings. The molecule has 2 bridgehead atoms. The standard InChI is InChI=1S/C32H31FN6O3/c33-27-10-3-1-8-25(27)29-26-9-2-4-11-28(26)39(38-19-21-12-13-22(20-38)15-14-21)30(41)32(36-29,16-17-40)37-31(42)35-24-7-5-6-23(34)18-24/h1-11,16,18,21-22H,12-15,19-20,34H2,(H2,35,37,42). The lowest BCUT2D eigenvalue weighted by Crippen LogP contribution is -2.62. The van der Waals surface area contributed by atoms with Gasteiger partial charge in [0.1, 0.15) is 11.8 Å². The van der Waals surface area contributed by atoms with Crippen LogP contribution in [-0.2, 0) is 9.59 Å². The van der Waals surface area contributed by atoms with Crippen molar-refractivity contribution >= 4 is 40.7 Å². The quantitative estimate of drug-likeness (QED) is 0.310. The maximum Gasteiger partial charge on any atom is 0.321 e. The number of hydrogen-bond acceptors (Lipinski definition) is 6. The Kier molecular flexibility index (Phi) is 7.33. The van der Waals surface area contributed by atoms with E-state index in [0.717, 1.165) is 31.8 Å². The summed E-state index contributed by atoms with van der Waals surface area (Å²) in [7, 11) is 0. The highest BCUT2D eigenvalue weighted by Gasteiger charge is 2.48. The zero-order valence-electron chi connectivity index (χ0n) is 22.9. The van der Waals surface area contributed by atoms with Crippen molar-refractivity contribution in [2.24, 2.45) is 16.8 Å². The number of urea groups is 1. The normalized spacial score (nSPS) is 23.6. The van der Waals surface area contributed by atoms with Crippen molar-refractivity contribution in [3.05, 3.63) is 95.8 Å². The molecule has 0 radical (unpaired) electrons. The molecule has 1 saturated carbocycles. The molecule has 1 aliphatic carbocycles. The second kappa shape index (κ2) is 11.2.